The standard InChI is InChI=1S/C16H16BrNO4/c1-10(2-3-11-4-6-13(17)7-5-11)18-15(19)14-8-12(9-22-14)16(20)21/h4-10H,2-3H2,1H3,(H,18,19)(H,20,21). The number of carbonyl (C=O) groups excluding carboxylic acids is 1. The topological polar surface area (TPSA) is 79.5 Å². The Labute approximate surface area is 136 Å². The second-order valence-corrected chi connectivity index (χ2v) is 5.96. The zero-order valence-corrected chi connectivity index (χ0v) is 13.6. The second-order valence-electron chi connectivity index (χ2n) is 5.04. The van der Waals surface area contributed by atoms with Gasteiger partial charge >= 0.3 is 5.97 Å². The van der Waals surface area contributed by atoms with E-state index in [1.165, 1.54) is 11.6 Å². The number of aromatic carboxylic acids is 1. The monoisotopic (exact) mass is 365 g/mol. The summed E-state index contributed by atoms with van der Waals surface area (Å²) in [4.78, 5) is 22.7. The highest BCUT2D eigenvalue weighted by Crippen LogP contribution is 2.13. The molecule has 0 spiro atoms. The van der Waals surface area contributed by atoms with Crippen LogP contribution in [0.2, 0.25) is 0 Å². The summed E-state index contributed by atoms with van der Waals surface area (Å²) in [5.74, 6) is -1.52. The Morgan fingerprint density at radius 1 is 1.32 bits per heavy atom. The van der Waals surface area contributed by atoms with E-state index >= 15 is 0 Å². The Balaban J connectivity index is 1.85. The number of halogens is 1. The molecular formula is C16H16BrNO4. The van der Waals surface area contributed by atoms with E-state index in [-0.39, 0.29) is 17.4 Å². The number of furan rings is 1. The first-order valence-electron chi connectivity index (χ1n) is 6.83. The van der Waals surface area contributed by atoms with Gasteiger partial charge in [0.05, 0.1) is 5.56 Å². The Kier molecular flexibility index (Phi) is 5.38. The molecule has 116 valence electrons. The molecule has 1 unspecified atom stereocenters. The van der Waals surface area contributed by atoms with E-state index in [9.17, 15) is 9.59 Å². The lowest BCUT2D eigenvalue weighted by Crippen LogP contribution is -2.32. The van der Waals surface area contributed by atoms with Gasteiger partial charge < -0.3 is 14.8 Å². The number of hydrogen-bond acceptors (Lipinski definition) is 3. The molecule has 0 saturated heterocycles. The van der Waals surface area contributed by atoms with Crippen LogP contribution in [-0.4, -0.2) is 23.0 Å². The first-order chi connectivity index (χ1) is 10.5. The average Bonchev–Trinajstić information content (AvgIpc) is 2.97. The van der Waals surface area contributed by atoms with Crippen molar-refractivity contribution in [1.29, 1.82) is 0 Å². The highest BCUT2D eigenvalue weighted by atomic mass is 79.9. The summed E-state index contributed by atoms with van der Waals surface area (Å²) in [7, 11) is 0. The maximum atomic E-state index is 11.9. The molecule has 0 aliphatic rings. The molecule has 0 aliphatic heterocycles. The van der Waals surface area contributed by atoms with Crippen molar-refractivity contribution in [2.75, 3.05) is 0 Å². The molecule has 1 amide bonds. The van der Waals surface area contributed by atoms with Crippen molar-refractivity contribution in [1.82, 2.24) is 5.32 Å². The lowest BCUT2D eigenvalue weighted by molar-refractivity contribution is 0.0695. The van der Waals surface area contributed by atoms with Crippen LogP contribution in [0.5, 0.6) is 0 Å². The Bertz CT molecular complexity index is 663. The van der Waals surface area contributed by atoms with Crippen LogP contribution in [0.3, 0.4) is 0 Å². The quantitative estimate of drug-likeness (QED) is 0.820. The summed E-state index contributed by atoms with van der Waals surface area (Å²) in [6, 6.07) is 9.20. The van der Waals surface area contributed by atoms with Crippen LogP contribution in [0.4, 0.5) is 0 Å². The van der Waals surface area contributed by atoms with Gasteiger partial charge in [-0.3, -0.25) is 4.79 Å². The lowest BCUT2D eigenvalue weighted by atomic mass is 10.1. The molecule has 2 rings (SSSR count). The molecule has 0 fully saturated rings. The first kappa shape index (κ1) is 16.3. The fourth-order valence-corrected chi connectivity index (χ4v) is 2.23. The molecule has 6 heteroatoms. The van der Waals surface area contributed by atoms with E-state index in [1.54, 1.807) is 0 Å². The number of benzene rings is 1. The van der Waals surface area contributed by atoms with Crippen molar-refractivity contribution in [2.24, 2.45) is 0 Å². The number of amides is 1. The molecular weight excluding hydrogens is 350 g/mol. The van der Waals surface area contributed by atoms with E-state index in [2.05, 4.69) is 21.2 Å². The third-order valence-corrected chi connectivity index (χ3v) is 3.76. The van der Waals surface area contributed by atoms with E-state index in [1.807, 2.05) is 31.2 Å². The smallest absolute Gasteiger partial charge is 0.338 e. The van der Waals surface area contributed by atoms with Gasteiger partial charge in [0.2, 0.25) is 0 Å². The number of carboxylic acids is 1. The molecule has 0 radical (unpaired) electrons. The van der Waals surface area contributed by atoms with Crippen LogP contribution in [0.1, 0.15) is 39.8 Å². The summed E-state index contributed by atoms with van der Waals surface area (Å²) in [5.41, 5.74) is 1.16. The molecule has 1 heterocycles. The minimum Gasteiger partial charge on any atom is -0.478 e. The second kappa shape index (κ2) is 7.26. The number of carboxylic acid groups (broad SMARTS) is 1. The molecule has 0 saturated carbocycles. The zero-order chi connectivity index (χ0) is 16.1. The predicted molar refractivity (Wildman–Crippen MR) is 85.1 cm³/mol. The van der Waals surface area contributed by atoms with Gasteiger partial charge in [0.25, 0.3) is 5.91 Å². The Morgan fingerprint density at radius 3 is 2.59 bits per heavy atom. The predicted octanol–water partition coefficient (Wildman–Crippen LogP) is 3.49. The normalized spacial score (nSPS) is 11.9. The van der Waals surface area contributed by atoms with E-state index in [4.69, 9.17) is 9.52 Å². The molecule has 1 aromatic carbocycles. The Morgan fingerprint density at radius 2 is 2.00 bits per heavy atom. The fourth-order valence-electron chi connectivity index (χ4n) is 1.97. The zero-order valence-electron chi connectivity index (χ0n) is 12.0. The molecule has 1 atom stereocenters. The van der Waals surface area contributed by atoms with Gasteiger partial charge in [-0.25, -0.2) is 4.79 Å². The Hall–Kier alpha value is -2.08. The summed E-state index contributed by atoms with van der Waals surface area (Å²) in [6.45, 7) is 1.90. The van der Waals surface area contributed by atoms with Gasteiger partial charge in [-0.05, 0) is 37.5 Å². The van der Waals surface area contributed by atoms with Crippen molar-refractivity contribution in [3.05, 3.63) is 58.0 Å². The van der Waals surface area contributed by atoms with Crippen LogP contribution < -0.4 is 5.32 Å². The molecule has 22 heavy (non-hydrogen) atoms. The van der Waals surface area contributed by atoms with Crippen molar-refractivity contribution < 1.29 is 19.1 Å². The number of carbonyl (C=O) groups is 2. The molecule has 5 nitrogen and oxygen atoms in total. The molecule has 2 aromatic rings. The minimum atomic E-state index is -1.12. The number of hydrogen-bond donors (Lipinski definition) is 2. The van der Waals surface area contributed by atoms with Crippen LogP contribution in [0.25, 0.3) is 0 Å². The fraction of sp³-hybridized carbons (Fsp3) is 0.250. The van der Waals surface area contributed by atoms with Gasteiger partial charge in [-0.2, -0.15) is 0 Å². The largest absolute Gasteiger partial charge is 0.478 e. The van der Waals surface area contributed by atoms with Gasteiger partial charge in [0, 0.05) is 16.6 Å². The third kappa shape index (κ3) is 4.46. The van der Waals surface area contributed by atoms with Crippen LogP contribution in [0.15, 0.2) is 45.5 Å². The third-order valence-electron chi connectivity index (χ3n) is 3.23. The number of rotatable bonds is 6. The van der Waals surface area contributed by atoms with Crippen molar-refractivity contribution in [3.63, 3.8) is 0 Å². The van der Waals surface area contributed by atoms with Gasteiger partial charge in [0.15, 0.2) is 5.76 Å². The number of aryl methyl sites for hydroxylation is 1. The highest BCUT2D eigenvalue weighted by Gasteiger charge is 2.16. The van der Waals surface area contributed by atoms with Crippen LogP contribution in [0, 0.1) is 0 Å². The maximum Gasteiger partial charge on any atom is 0.338 e. The van der Waals surface area contributed by atoms with E-state index in [0.717, 1.165) is 23.6 Å². The maximum absolute atomic E-state index is 11.9. The SMILES string of the molecule is CC(CCc1ccc(Br)cc1)NC(=O)c1cc(C(=O)O)co1. The molecule has 1 aromatic heterocycles. The summed E-state index contributed by atoms with van der Waals surface area (Å²) in [6.07, 6.45) is 2.68. The van der Waals surface area contributed by atoms with Gasteiger partial charge in [0.1, 0.15) is 6.26 Å². The molecule has 0 aliphatic carbocycles. The van der Waals surface area contributed by atoms with Crippen molar-refractivity contribution in [3.8, 4) is 0 Å². The highest BCUT2D eigenvalue weighted by molar-refractivity contribution is 9.10. The van der Waals surface area contributed by atoms with E-state index in [0.29, 0.717) is 0 Å². The van der Waals surface area contributed by atoms with Crippen molar-refractivity contribution in [2.45, 2.75) is 25.8 Å². The summed E-state index contributed by atoms with van der Waals surface area (Å²) < 4.78 is 6.00. The van der Waals surface area contributed by atoms with Gasteiger partial charge in [-0.1, -0.05) is 28.1 Å². The van der Waals surface area contributed by atoms with Crippen molar-refractivity contribution >= 4 is 27.8 Å². The van der Waals surface area contributed by atoms with E-state index < -0.39 is 11.9 Å². The van der Waals surface area contributed by atoms with Crippen LogP contribution >= 0.6 is 15.9 Å². The number of nitrogens with one attached hydrogen (secondary N) is 1. The average molecular weight is 366 g/mol. The summed E-state index contributed by atoms with van der Waals surface area (Å²) in [5, 5.41) is 11.6. The summed E-state index contributed by atoms with van der Waals surface area (Å²) >= 11 is 3.39. The van der Waals surface area contributed by atoms with Gasteiger partial charge in [-0.15, -0.1) is 0 Å². The first-order valence-corrected chi connectivity index (χ1v) is 7.62. The lowest BCUT2D eigenvalue weighted by Gasteiger charge is -2.12. The van der Waals surface area contributed by atoms with Crippen LogP contribution in [-0.2, 0) is 6.42 Å². The minimum absolute atomic E-state index is 0.00731. The molecule has 2 N–H and O–H groups in total. The molecule has 0 bridgehead atoms.